The summed E-state index contributed by atoms with van der Waals surface area (Å²) in [6.45, 7) is 6.38. The van der Waals surface area contributed by atoms with Gasteiger partial charge in [0.25, 0.3) is 0 Å². The van der Waals surface area contributed by atoms with E-state index in [1.165, 1.54) is 231 Å². The van der Waals surface area contributed by atoms with Gasteiger partial charge in [-0.15, -0.1) is 0 Å². The summed E-state index contributed by atoms with van der Waals surface area (Å²) in [5, 5.41) is 0. The second-order valence-electron chi connectivity index (χ2n) is 18.9. The molecule has 0 spiro atoms. The van der Waals surface area contributed by atoms with Gasteiger partial charge in [0.05, 0.1) is 0 Å². The van der Waals surface area contributed by atoms with Gasteiger partial charge in [-0.2, -0.15) is 0 Å². The minimum Gasteiger partial charge on any atom is -0.362 e. The van der Waals surface area contributed by atoms with Crippen LogP contribution in [0, 0.1) is 0 Å². The molecule has 0 atom stereocenters. The van der Waals surface area contributed by atoms with Crippen LogP contribution in [-0.2, 0) is 14.3 Å². The van der Waals surface area contributed by atoms with Crippen molar-refractivity contribution >= 4 is 11.8 Å². The van der Waals surface area contributed by atoms with Crippen molar-refractivity contribution in [2.75, 3.05) is 26.3 Å². The van der Waals surface area contributed by atoms with E-state index in [1.807, 2.05) is 0 Å². The van der Waals surface area contributed by atoms with Gasteiger partial charge in [0, 0.05) is 25.2 Å². The smallest absolute Gasteiger partial charge is 0.249 e. The second kappa shape index (κ2) is 39.1. The standard InChI is InChI=1S/C52H100N2O3/c1-3-5-7-9-11-13-15-17-19-21-23-25-27-29-31-39-45-53(46-40-32-30-28-26-24-22-20-18-16-14-12-10-8-6-4-2)51(55)47-57-48-52(56)54(49-41-35-33-36-42-49)50-43-37-34-38-44-50/h49-50H,3-48H2,1-2H3. The summed E-state index contributed by atoms with van der Waals surface area (Å²) >= 11 is 0. The molecule has 0 aromatic heterocycles. The third kappa shape index (κ3) is 28.9. The van der Waals surface area contributed by atoms with Gasteiger partial charge >= 0.3 is 0 Å². The molecule has 2 saturated carbocycles. The van der Waals surface area contributed by atoms with E-state index in [0.29, 0.717) is 12.1 Å². The second-order valence-corrected chi connectivity index (χ2v) is 18.9. The number of ether oxygens (including phenoxy) is 1. The fourth-order valence-electron chi connectivity index (χ4n) is 9.88. The van der Waals surface area contributed by atoms with Crippen LogP contribution in [0.4, 0.5) is 0 Å². The summed E-state index contributed by atoms with van der Waals surface area (Å²) in [6, 6.07) is 0.741. The summed E-state index contributed by atoms with van der Waals surface area (Å²) in [5.74, 6) is 0.218. The highest BCUT2D eigenvalue weighted by molar-refractivity contribution is 5.80. The Balaban J connectivity index is 1.65. The average molecular weight is 801 g/mol. The van der Waals surface area contributed by atoms with E-state index in [4.69, 9.17) is 4.74 Å². The third-order valence-corrected chi connectivity index (χ3v) is 13.6. The van der Waals surface area contributed by atoms with Crippen LogP contribution in [0.15, 0.2) is 0 Å². The maximum Gasteiger partial charge on any atom is 0.249 e. The minimum atomic E-state index is 0.0482. The molecule has 0 aromatic rings. The van der Waals surface area contributed by atoms with E-state index in [-0.39, 0.29) is 25.0 Å². The fourth-order valence-corrected chi connectivity index (χ4v) is 9.88. The topological polar surface area (TPSA) is 49.9 Å². The van der Waals surface area contributed by atoms with E-state index in [1.54, 1.807) is 0 Å². The number of amides is 2. The van der Waals surface area contributed by atoms with Gasteiger partial charge in [-0.25, -0.2) is 0 Å². The van der Waals surface area contributed by atoms with Crippen molar-refractivity contribution in [1.82, 2.24) is 9.80 Å². The van der Waals surface area contributed by atoms with Crippen molar-refractivity contribution in [1.29, 1.82) is 0 Å². The normalized spacial score (nSPS) is 15.3. The highest BCUT2D eigenvalue weighted by Crippen LogP contribution is 2.30. The lowest BCUT2D eigenvalue weighted by molar-refractivity contribution is -0.146. The zero-order valence-electron chi connectivity index (χ0n) is 38.8. The monoisotopic (exact) mass is 801 g/mol. The Morgan fingerprint density at radius 2 is 0.632 bits per heavy atom. The predicted octanol–water partition coefficient (Wildman–Crippen LogP) is 15.8. The van der Waals surface area contributed by atoms with Crippen LogP contribution in [0.1, 0.15) is 284 Å². The Hall–Kier alpha value is -1.10. The molecule has 0 bridgehead atoms. The van der Waals surface area contributed by atoms with Crippen LogP contribution in [0.5, 0.6) is 0 Å². The molecule has 336 valence electrons. The molecule has 57 heavy (non-hydrogen) atoms. The van der Waals surface area contributed by atoms with Crippen LogP contribution in [0.25, 0.3) is 0 Å². The quantitative estimate of drug-likeness (QED) is 0.0580. The van der Waals surface area contributed by atoms with Gasteiger partial charge in [-0.1, -0.05) is 245 Å². The Labute approximate surface area is 356 Å². The third-order valence-electron chi connectivity index (χ3n) is 13.6. The van der Waals surface area contributed by atoms with Crippen LogP contribution < -0.4 is 0 Å². The Bertz CT molecular complexity index is 829. The Morgan fingerprint density at radius 1 is 0.368 bits per heavy atom. The van der Waals surface area contributed by atoms with Crippen molar-refractivity contribution in [3.8, 4) is 0 Å². The maximum absolute atomic E-state index is 13.6. The van der Waals surface area contributed by atoms with Gasteiger partial charge in [0.2, 0.25) is 11.8 Å². The number of carbonyl (C=O) groups is 2. The summed E-state index contributed by atoms with van der Waals surface area (Å²) in [5.41, 5.74) is 0. The highest BCUT2D eigenvalue weighted by Gasteiger charge is 2.32. The molecule has 0 saturated heterocycles. The van der Waals surface area contributed by atoms with E-state index >= 15 is 0 Å². The molecule has 2 amide bonds. The number of unbranched alkanes of at least 4 members (excludes halogenated alkanes) is 30. The number of rotatable bonds is 40. The van der Waals surface area contributed by atoms with Crippen molar-refractivity contribution in [3.05, 3.63) is 0 Å². The molecular weight excluding hydrogens is 701 g/mol. The van der Waals surface area contributed by atoms with Gasteiger partial charge in [0.1, 0.15) is 13.2 Å². The van der Waals surface area contributed by atoms with Gasteiger partial charge in [-0.05, 0) is 38.5 Å². The first-order valence-corrected chi connectivity index (χ1v) is 26.3. The molecule has 0 aliphatic heterocycles. The van der Waals surface area contributed by atoms with Crippen molar-refractivity contribution in [2.24, 2.45) is 0 Å². The lowest BCUT2D eigenvalue weighted by Gasteiger charge is -2.41. The molecule has 0 heterocycles. The highest BCUT2D eigenvalue weighted by atomic mass is 16.5. The SMILES string of the molecule is CCCCCCCCCCCCCCCCCCN(CCCCCCCCCCCCCCCCCC)C(=O)COCC(=O)N(C1CCCCC1)C1CCCCC1. The van der Waals surface area contributed by atoms with Crippen LogP contribution in [0.2, 0.25) is 0 Å². The van der Waals surface area contributed by atoms with Gasteiger partial charge < -0.3 is 14.5 Å². The van der Waals surface area contributed by atoms with Crippen molar-refractivity contribution in [2.45, 2.75) is 296 Å². The first-order valence-electron chi connectivity index (χ1n) is 26.3. The molecule has 2 aliphatic rings. The van der Waals surface area contributed by atoms with Crippen LogP contribution in [-0.4, -0.2) is 60.0 Å². The summed E-state index contributed by atoms with van der Waals surface area (Å²) in [6.07, 6.45) is 55.7. The summed E-state index contributed by atoms with van der Waals surface area (Å²) < 4.78 is 5.98. The molecule has 5 nitrogen and oxygen atoms in total. The molecule has 5 heteroatoms. The zero-order valence-corrected chi connectivity index (χ0v) is 38.8. The molecule has 0 unspecified atom stereocenters. The zero-order chi connectivity index (χ0) is 40.7. The minimum absolute atomic E-state index is 0.0482. The number of hydrogen-bond donors (Lipinski definition) is 0. The first kappa shape index (κ1) is 52.0. The molecule has 2 aliphatic carbocycles. The largest absolute Gasteiger partial charge is 0.362 e. The van der Waals surface area contributed by atoms with E-state index in [2.05, 4.69) is 23.6 Å². The van der Waals surface area contributed by atoms with Gasteiger partial charge in [0.15, 0.2) is 0 Å². The Kier molecular flexibility index (Phi) is 35.7. The molecule has 0 N–H and O–H groups in total. The summed E-state index contributed by atoms with van der Waals surface area (Å²) in [7, 11) is 0. The lowest BCUT2D eigenvalue weighted by Crippen LogP contribution is -2.50. The molecule has 0 aromatic carbocycles. The van der Waals surface area contributed by atoms with Gasteiger partial charge in [-0.3, -0.25) is 9.59 Å². The predicted molar refractivity (Wildman–Crippen MR) is 247 cm³/mol. The molecule has 2 rings (SSSR count). The van der Waals surface area contributed by atoms with E-state index in [0.717, 1.165) is 51.6 Å². The van der Waals surface area contributed by atoms with Crippen LogP contribution >= 0.6 is 0 Å². The van der Waals surface area contributed by atoms with Crippen molar-refractivity contribution < 1.29 is 14.3 Å². The molecule has 2 fully saturated rings. The first-order chi connectivity index (χ1) is 28.2. The van der Waals surface area contributed by atoms with E-state index in [9.17, 15) is 9.59 Å². The lowest BCUT2D eigenvalue weighted by atomic mass is 9.88. The maximum atomic E-state index is 13.6. The van der Waals surface area contributed by atoms with Crippen LogP contribution in [0.3, 0.4) is 0 Å². The number of nitrogens with zero attached hydrogens (tertiary/aromatic N) is 2. The summed E-state index contributed by atoms with van der Waals surface area (Å²) in [4.78, 5) is 31.5. The van der Waals surface area contributed by atoms with Crippen molar-refractivity contribution in [3.63, 3.8) is 0 Å². The molecule has 0 radical (unpaired) electrons. The fraction of sp³-hybridized carbons (Fsp3) is 0.962. The number of hydrogen-bond acceptors (Lipinski definition) is 3. The number of carbonyl (C=O) groups excluding carboxylic acids is 2. The van der Waals surface area contributed by atoms with E-state index < -0.39 is 0 Å². The average Bonchev–Trinajstić information content (AvgIpc) is 3.23. The Morgan fingerprint density at radius 3 is 0.930 bits per heavy atom. The molecular formula is C52H100N2O3.